The van der Waals surface area contributed by atoms with Gasteiger partial charge in [0.05, 0.1) is 31.9 Å². The molecule has 16 heavy (non-hydrogen) atoms. The maximum atomic E-state index is 9.05. The molecule has 1 fully saturated rings. The summed E-state index contributed by atoms with van der Waals surface area (Å²) < 4.78 is 10.8. The van der Waals surface area contributed by atoms with Crippen LogP contribution in [0.3, 0.4) is 0 Å². The van der Waals surface area contributed by atoms with Gasteiger partial charge in [-0.1, -0.05) is 10.2 Å². The van der Waals surface area contributed by atoms with E-state index in [2.05, 4.69) is 20.1 Å². The highest BCUT2D eigenvalue weighted by Crippen LogP contribution is 2.28. The molecule has 0 radical (unpaired) electrons. The van der Waals surface area contributed by atoms with Crippen LogP contribution >= 0.6 is 0 Å². The van der Waals surface area contributed by atoms with E-state index in [0.717, 1.165) is 0 Å². The van der Waals surface area contributed by atoms with Crippen LogP contribution in [0.5, 0.6) is 0 Å². The Labute approximate surface area is 91.2 Å². The quantitative estimate of drug-likeness (QED) is 0.428. The van der Waals surface area contributed by atoms with E-state index in [-0.39, 0.29) is 19.7 Å². The zero-order chi connectivity index (χ0) is 12.0. The van der Waals surface area contributed by atoms with Gasteiger partial charge in [0.15, 0.2) is 5.79 Å². The van der Waals surface area contributed by atoms with Gasteiger partial charge in [0.1, 0.15) is 0 Å². The fraction of sp³-hybridized carbons (Fsp3) is 1.00. The summed E-state index contributed by atoms with van der Waals surface area (Å²) in [5, 5.41) is 15.8. The second-order valence-corrected chi connectivity index (χ2v) is 3.43. The van der Waals surface area contributed by atoms with E-state index in [0.29, 0.717) is 0 Å². The van der Waals surface area contributed by atoms with Crippen LogP contribution in [-0.4, -0.2) is 42.8 Å². The van der Waals surface area contributed by atoms with Crippen molar-refractivity contribution in [3.63, 3.8) is 0 Å². The lowest BCUT2D eigenvalue weighted by Gasteiger charge is -2.19. The molecular weight excluding hydrogens is 216 g/mol. The van der Waals surface area contributed by atoms with E-state index in [1.807, 2.05) is 0 Å². The predicted molar refractivity (Wildman–Crippen MR) is 53.3 cm³/mol. The summed E-state index contributed by atoms with van der Waals surface area (Å²) in [6.45, 7) is 1.37. The molecule has 0 spiro atoms. The molecular formula is C7H12N6O3. The largest absolute Gasteiger partial charge is 0.391 e. The Hall–Kier alpha value is -1.50. The fourth-order valence-electron chi connectivity index (χ4n) is 1.44. The van der Waals surface area contributed by atoms with Crippen molar-refractivity contribution < 1.29 is 14.6 Å². The van der Waals surface area contributed by atoms with E-state index in [9.17, 15) is 0 Å². The van der Waals surface area contributed by atoms with Crippen molar-refractivity contribution in [2.24, 2.45) is 10.2 Å². The maximum Gasteiger partial charge on any atom is 0.189 e. The third kappa shape index (κ3) is 2.99. The zero-order valence-electron chi connectivity index (χ0n) is 8.72. The van der Waals surface area contributed by atoms with Gasteiger partial charge in [-0.05, 0) is 18.0 Å². The molecule has 0 saturated carbocycles. The van der Waals surface area contributed by atoms with Crippen LogP contribution in [-0.2, 0) is 9.47 Å². The van der Waals surface area contributed by atoms with Gasteiger partial charge in [0.25, 0.3) is 0 Å². The number of azide groups is 2. The van der Waals surface area contributed by atoms with Gasteiger partial charge in [0, 0.05) is 9.82 Å². The summed E-state index contributed by atoms with van der Waals surface area (Å²) in [7, 11) is 0. The van der Waals surface area contributed by atoms with Gasteiger partial charge < -0.3 is 14.6 Å². The van der Waals surface area contributed by atoms with Gasteiger partial charge in [-0.15, -0.1) is 0 Å². The molecule has 9 nitrogen and oxygen atoms in total. The minimum Gasteiger partial charge on any atom is -0.391 e. The molecule has 1 aliphatic heterocycles. The van der Waals surface area contributed by atoms with Crippen LogP contribution in [0.15, 0.2) is 10.2 Å². The minimum atomic E-state index is -1.13. The number of nitrogens with zero attached hydrogens (tertiary/aromatic N) is 6. The average molecular weight is 228 g/mol. The summed E-state index contributed by atoms with van der Waals surface area (Å²) >= 11 is 0. The second kappa shape index (κ2) is 5.55. The van der Waals surface area contributed by atoms with Crippen molar-refractivity contribution in [3.05, 3.63) is 20.9 Å². The van der Waals surface area contributed by atoms with E-state index in [1.54, 1.807) is 6.92 Å². The van der Waals surface area contributed by atoms with Crippen LogP contribution in [0.25, 0.3) is 20.9 Å². The van der Waals surface area contributed by atoms with E-state index < -0.39 is 18.0 Å². The first kappa shape index (κ1) is 12.6. The van der Waals surface area contributed by atoms with Crippen molar-refractivity contribution in [2.45, 2.75) is 24.9 Å². The molecule has 9 heteroatoms. The molecule has 0 aromatic carbocycles. The maximum absolute atomic E-state index is 9.05. The van der Waals surface area contributed by atoms with Crippen LogP contribution < -0.4 is 0 Å². The minimum absolute atomic E-state index is 0.0672. The molecule has 0 bridgehead atoms. The highest BCUT2D eigenvalue weighted by atomic mass is 16.8. The van der Waals surface area contributed by atoms with Gasteiger partial charge in [-0.3, -0.25) is 0 Å². The Morgan fingerprint density at radius 1 is 1.19 bits per heavy atom. The Kier molecular flexibility index (Phi) is 4.36. The molecule has 1 rings (SSSR count). The number of rotatable bonds is 5. The first-order chi connectivity index (χ1) is 7.65. The van der Waals surface area contributed by atoms with Crippen molar-refractivity contribution >= 4 is 0 Å². The lowest BCUT2D eigenvalue weighted by molar-refractivity contribution is -0.183. The Morgan fingerprint density at radius 2 is 1.62 bits per heavy atom. The molecule has 1 N–H and O–H groups in total. The van der Waals surface area contributed by atoms with E-state index in [4.69, 9.17) is 25.6 Å². The summed E-state index contributed by atoms with van der Waals surface area (Å²) in [4.78, 5) is 5.22. The molecule has 0 aliphatic carbocycles. The van der Waals surface area contributed by atoms with Crippen LogP contribution in [0.1, 0.15) is 6.92 Å². The van der Waals surface area contributed by atoms with Gasteiger partial charge in [-0.25, -0.2) is 0 Å². The molecule has 2 atom stereocenters. The third-order valence-electron chi connectivity index (χ3n) is 2.15. The molecule has 1 heterocycles. The van der Waals surface area contributed by atoms with Crippen LogP contribution in [0.4, 0.5) is 0 Å². The van der Waals surface area contributed by atoms with Gasteiger partial charge in [-0.2, -0.15) is 0 Å². The number of aliphatic hydroxyl groups excluding tert-OH is 1. The van der Waals surface area contributed by atoms with Crippen LogP contribution in [0, 0.1) is 0 Å². The normalized spacial score (nSPS) is 32.9. The van der Waals surface area contributed by atoms with Crippen molar-refractivity contribution in [1.82, 2.24) is 0 Å². The first-order valence-electron chi connectivity index (χ1n) is 4.63. The SMILES string of the molecule is CC1(CO)O[C@H](CN=[N+]=[N-])[C@@H](CN=[N+]=[N-])O1. The average Bonchev–Trinajstić information content (AvgIpc) is 2.61. The summed E-state index contributed by atoms with van der Waals surface area (Å²) in [5.74, 6) is -1.13. The Balaban J connectivity index is 2.69. The van der Waals surface area contributed by atoms with E-state index in [1.165, 1.54) is 0 Å². The lowest BCUT2D eigenvalue weighted by Crippen LogP contribution is -2.31. The van der Waals surface area contributed by atoms with Crippen molar-refractivity contribution in [1.29, 1.82) is 0 Å². The monoisotopic (exact) mass is 228 g/mol. The fourth-order valence-corrected chi connectivity index (χ4v) is 1.44. The third-order valence-corrected chi connectivity index (χ3v) is 2.15. The summed E-state index contributed by atoms with van der Waals surface area (Å²) in [6, 6.07) is 0. The molecule has 0 amide bonds. The Morgan fingerprint density at radius 3 is 1.94 bits per heavy atom. The number of ether oxygens (including phenoxy) is 2. The smallest absolute Gasteiger partial charge is 0.189 e. The Bertz CT molecular complexity index is 307. The van der Waals surface area contributed by atoms with E-state index >= 15 is 0 Å². The first-order valence-corrected chi connectivity index (χ1v) is 4.63. The number of hydrogen-bond acceptors (Lipinski definition) is 5. The zero-order valence-corrected chi connectivity index (χ0v) is 8.72. The molecule has 0 aromatic rings. The number of aliphatic hydroxyl groups is 1. The van der Waals surface area contributed by atoms with Gasteiger partial charge in [0.2, 0.25) is 0 Å². The topological polar surface area (TPSA) is 136 Å². The van der Waals surface area contributed by atoms with Gasteiger partial charge >= 0.3 is 0 Å². The molecule has 88 valence electrons. The molecule has 1 aliphatic rings. The van der Waals surface area contributed by atoms with Crippen molar-refractivity contribution in [2.75, 3.05) is 19.7 Å². The van der Waals surface area contributed by atoms with Crippen molar-refractivity contribution in [3.8, 4) is 0 Å². The summed E-state index contributed by atoms with van der Waals surface area (Å²) in [5.41, 5.74) is 16.4. The highest BCUT2D eigenvalue weighted by molar-refractivity contribution is 4.86. The predicted octanol–water partition coefficient (Wildman–Crippen LogP) is 1.10. The highest BCUT2D eigenvalue weighted by Gasteiger charge is 2.43. The number of hydrogen-bond donors (Lipinski definition) is 1. The summed E-state index contributed by atoms with van der Waals surface area (Å²) in [6.07, 6.45) is -1.03. The second-order valence-electron chi connectivity index (χ2n) is 3.43. The molecule has 1 saturated heterocycles. The molecule has 0 aromatic heterocycles. The van der Waals surface area contributed by atoms with Crippen LogP contribution in [0.2, 0.25) is 0 Å². The molecule has 0 unspecified atom stereocenters. The standard InChI is InChI=1S/C7H12N6O3/c1-7(4-14)15-5(2-10-12-8)6(16-7)3-11-13-9/h5-6,14H,2-4H2,1H3/t5-,6-/m1/s1. The lowest BCUT2D eigenvalue weighted by atomic mass is 10.2.